The van der Waals surface area contributed by atoms with Gasteiger partial charge in [-0.05, 0) is 73.5 Å². The summed E-state index contributed by atoms with van der Waals surface area (Å²) in [7, 11) is 2.03. The molecule has 0 aliphatic heterocycles. The molecule has 0 bridgehead atoms. The summed E-state index contributed by atoms with van der Waals surface area (Å²) in [5.74, 6) is 1.26. The van der Waals surface area contributed by atoms with Gasteiger partial charge in [0.1, 0.15) is 23.1 Å². The van der Waals surface area contributed by atoms with Crippen molar-refractivity contribution in [1.82, 2.24) is 19.6 Å². The zero-order valence-corrected chi connectivity index (χ0v) is 36.4. The SMILES string of the molecule is CCCCCCCCCCCCCCCCCCOc1ccc(CC(C(=O)Nc2ccccc2OCC)n2nnc3cc(N=c4sc5ccccc5n4C)ccc32)cc1. The molecule has 0 fully saturated rings. The highest BCUT2D eigenvalue weighted by atomic mass is 32.1. The van der Waals surface area contributed by atoms with E-state index < -0.39 is 6.04 Å². The zero-order valence-electron chi connectivity index (χ0n) is 35.5. The third-order valence-corrected chi connectivity index (χ3v) is 12.2. The molecule has 1 unspecified atom stereocenters. The number of anilines is 1. The van der Waals surface area contributed by atoms with Crippen LogP contribution in [0.2, 0.25) is 0 Å². The first-order valence-corrected chi connectivity index (χ1v) is 23.0. The van der Waals surface area contributed by atoms with Gasteiger partial charge in [-0.25, -0.2) is 9.67 Å². The lowest BCUT2D eigenvalue weighted by molar-refractivity contribution is -0.119. The second kappa shape index (κ2) is 23.6. The minimum atomic E-state index is -0.685. The van der Waals surface area contributed by atoms with E-state index in [0.717, 1.165) is 39.3 Å². The van der Waals surface area contributed by atoms with Gasteiger partial charge in [-0.15, -0.1) is 5.10 Å². The number of aryl methyl sites for hydroxylation is 1. The molecular weight excluding hydrogens is 753 g/mol. The minimum Gasteiger partial charge on any atom is -0.494 e. The number of para-hydroxylation sites is 3. The van der Waals surface area contributed by atoms with Gasteiger partial charge < -0.3 is 19.4 Å². The molecule has 1 amide bonds. The summed E-state index contributed by atoms with van der Waals surface area (Å²) < 4.78 is 16.9. The average molecular weight is 817 g/mol. The third-order valence-electron chi connectivity index (χ3n) is 11.1. The lowest BCUT2D eigenvalue weighted by Crippen LogP contribution is -2.29. The summed E-state index contributed by atoms with van der Waals surface area (Å²) >= 11 is 1.64. The summed E-state index contributed by atoms with van der Waals surface area (Å²) in [6.07, 6.45) is 22.1. The number of fused-ring (bicyclic) bond motifs is 2. The van der Waals surface area contributed by atoms with Gasteiger partial charge >= 0.3 is 0 Å². The van der Waals surface area contributed by atoms with Crippen molar-refractivity contribution in [1.29, 1.82) is 0 Å². The van der Waals surface area contributed by atoms with Gasteiger partial charge in [0, 0.05) is 13.5 Å². The number of aromatic nitrogens is 4. The Bertz CT molecular complexity index is 2240. The lowest BCUT2D eigenvalue weighted by Gasteiger charge is -2.19. The van der Waals surface area contributed by atoms with Crippen LogP contribution in [-0.2, 0) is 18.3 Å². The first-order chi connectivity index (χ1) is 29.0. The number of amides is 1. The van der Waals surface area contributed by atoms with E-state index in [9.17, 15) is 4.79 Å². The van der Waals surface area contributed by atoms with Crippen LogP contribution < -0.4 is 19.6 Å². The molecule has 59 heavy (non-hydrogen) atoms. The van der Waals surface area contributed by atoms with Crippen LogP contribution in [0.15, 0.2) is 96.0 Å². The van der Waals surface area contributed by atoms with Gasteiger partial charge in [0.25, 0.3) is 0 Å². The van der Waals surface area contributed by atoms with E-state index in [1.807, 2.05) is 92.8 Å². The standard InChI is InChI=1S/C49H64N6O3S/c1-4-6-7-8-9-10-11-12-13-14-15-16-17-18-19-24-35-58-40-32-29-38(30-33-40)36-45(48(56)51-41-25-20-22-27-46(41)57-5-2)55-43-34-31-39(37-42(43)52-53-55)50-49-54(3)44-26-21-23-28-47(44)59-49/h20-23,25-34,37,45H,4-19,24,35-36H2,1-3H3,(H,51,56). The van der Waals surface area contributed by atoms with Crippen molar-refractivity contribution in [2.24, 2.45) is 12.0 Å². The van der Waals surface area contributed by atoms with Crippen LogP contribution in [0, 0.1) is 0 Å². The molecule has 0 aliphatic carbocycles. The van der Waals surface area contributed by atoms with E-state index in [0.29, 0.717) is 36.6 Å². The molecule has 10 heteroatoms. The highest BCUT2D eigenvalue weighted by Crippen LogP contribution is 2.29. The molecule has 9 nitrogen and oxygen atoms in total. The van der Waals surface area contributed by atoms with Crippen molar-refractivity contribution in [3.05, 3.63) is 101 Å². The summed E-state index contributed by atoms with van der Waals surface area (Å²) in [6, 6.07) is 29.0. The summed E-state index contributed by atoms with van der Waals surface area (Å²) in [5, 5.41) is 12.2. The second-order valence-corrected chi connectivity index (χ2v) is 16.7. The highest BCUT2D eigenvalue weighted by molar-refractivity contribution is 7.16. The van der Waals surface area contributed by atoms with Gasteiger partial charge in [0.15, 0.2) is 4.80 Å². The Morgan fingerprint density at radius 1 is 0.729 bits per heavy atom. The van der Waals surface area contributed by atoms with Crippen molar-refractivity contribution in [3.63, 3.8) is 0 Å². The van der Waals surface area contributed by atoms with E-state index in [1.165, 1.54) is 101 Å². The van der Waals surface area contributed by atoms with Gasteiger partial charge in [0.05, 0.1) is 40.3 Å². The number of nitrogens with zero attached hydrogens (tertiary/aromatic N) is 5. The van der Waals surface area contributed by atoms with Crippen LogP contribution in [0.5, 0.6) is 11.5 Å². The Kier molecular flexibility index (Phi) is 17.4. The molecule has 2 aromatic heterocycles. The normalized spacial score (nSPS) is 12.4. The quantitative estimate of drug-likeness (QED) is 0.0550. The number of carbonyl (C=O) groups is 1. The van der Waals surface area contributed by atoms with Crippen LogP contribution in [0.4, 0.5) is 11.4 Å². The Hall–Kier alpha value is -4.96. The maximum Gasteiger partial charge on any atom is 0.249 e. The maximum absolute atomic E-state index is 14.2. The largest absolute Gasteiger partial charge is 0.494 e. The molecule has 0 saturated carbocycles. The van der Waals surface area contributed by atoms with Crippen LogP contribution in [-0.4, -0.2) is 38.7 Å². The second-order valence-electron chi connectivity index (χ2n) is 15.7. The first kappa shape index (κ1) is 43.6. The molecule has 4 aromatic carbocycles. The number of rotatable bonds is 26. The van der Waals surface area contributed by atoms with Gasteiger partial charge in [-0.2, -0.15) is 0 Å². The Morgan fingerprint density at radius 3 is 2.05 bits per heavy atom. The Labute approximate surface area is 354 Å². The number of unbranched alkanes of at least 4 members (excludes halogenated alkanes) is 15. The van der Waals surface area contributed by atoms with Crippen molar-refractivity contribution in [2.45, 2.75) is 129 Å². The van der Waals surface area contributed by atoms with Crippen molar-refractivity contribution in [2.75, 3.05) is 18.5 Å². The smallest absolute Gasteiger partial charge is 0.249 e. The van der Waals surface area contributed by atoms with E-state index in [2.05, 4.69) is 39.3 Å². The van der Waals surface area contributed by atoms with Crippen LogP contribution in [0.3, 0.4) is 0 Å². The molecule has 0 saturated heterocycles. The molecule has 2 heterocycles. The number of nitrogens with one attached hydrogen (secondary N) is 1. The third kappa shape index (κ3) is 13.0. The van der Waals surface area contributed by atoms with E-state index >= 15 is 0 Å². The monoisotopic (exact) mass is 816 g/mol. The predicted octanol–water partition coefficient (Wildman–Crippen LogP) is 12.7. The lowest BCUT2D eigenvalue weighted by atomic mass is 10.0. The molecule has 0 aliphatic rings. The molecule has 6 aromatic rings. The number of benzene rings is 4. The van der Waals surface area contributed by atoms with Crippen molar-refractivity contribution in [3.8, 4) is 11.5 Å². The molecule has 6 rings (SSSR count). The van der Waals surface area contributed by atoms with Gasteiger partial charge in [-0.3, -0.25) is 4.79 Å². The summed E-state index contributed by atoms with van der Waals surface area (Å²) in [4.78, 5) is 20.0. The fourth-order valence-electron chi connectivity index (χ4n) is 7.67. The molecule has 1 N–H and O–H groups in total. The number of thiazole rings is 1. The molecule has 314 valence electrons. The molecular formula is C49H64N6O3S. The van der Waals surface area contributed by atoms with Crippen LogP contribution in [0.1, 0.15) is 128 Å². The number of ether oxygens (including phenoxy) is 2. The molecule has 0 radical (unpaired) electrons. The van der Waals surface area contributed by atoms with Crippen LogP contribution >= 0.6 is 11.3 Å². The Balaban J connectivity index is 1.02. The molecule has 1 atom stereocenters. The Morgan fingerprint density at radius 2 is 1.37 bits per heavy atom. The fraction of sp³-hybridized carbons (Fsp3) is 0.469. The summed E-state index contributed by atoms with van der Waals surface area (Å²) in [5.41, 5.74) is 4.93. The van der Waals surface area contributed by atoms with E-state index in [4.69, 9.17) is 14.5 Å². The number of hydrogen-bond donors (Lipinski definition) is 1. The maximum atomic E-state index is 14.2. The van der Waals surface area contributed by atoms with Crippen molar-refractivity contribution >= 4 is 49.9 Å². The van der Waals surface area contributed by atoms with E-state index in [-0.39, 0.29) is 5.91 Å². The van der Waals surface area contributed by atoms with Gasteiger partial charge in [0.2, 0.25) is 5.91 Å². The number of carbonyl (C=O) groups excluding carboxylic acids is 1. The summed E-state index contributed by atoms with van der Waals surface area (Å²) in [6.45, 7) is 5.42. The fourth-order valence-corrected chi connectivity index (χ4v) is 8.71. The first-order valence-electron chi connectivity index (χ1n) is 22.2. The highest BCUT2D eigenvalue weighted by Gasteiger charge is 2.26. The van der Waals surface area contributed by atoms with E-state index in [1.54, 1.807) is 16.0 Å². The minimum absolute atomic E-state index is 0.209. The van der Waals surface area contributed by atoms with Gasteiger partial charge in [-0.1, -0.05) is 156 Å². The molecule has 0 spiro atoms. The number of hydrogen-bond acceptors (Lipinski definition) is 7. The van der Waals surface area contributed by atoms with Crippen LogP contribution in [0.25, 0.3) is 21.3 Å². The average Bonchev–Trinajstić information content (AvgIpc) is 3.81. The predicted molar refractivity (Wildman–Crippen MR) is 244 cm³/mol. The zero-order chi connectivity index (χ0) is 41.1. The topological polar surface area (TPSA) is 95.6 Å². The van der Waals surface area contributed by atoms with Crippen molar-refractivity contribution < 1.29 is 14.3 Å².